The SMILES string of the molecule is C=N/C(=C\C(=N/COc1c(F)cc2c(cc(C)n2C)c1F)N1CCN(C)CC1)Nc1cc(/C=C\C)[nH]n1. The summed E-state index contributed by atoms with van der Waals surface area (Å²) in [6.07, 6.45) is 5.52. The van der Waals surface area contributed by atoms with Gasteiger partial charge in [-0.25, -0.2) is 18.8 Å². The van der Waals surface area contributed by atoms with Gasteiger partial charge in [0.15, 0.2) is 29.9 Å². The number of allylic oxidation sites excluding steroid dienone is 1. The summed E-state index contributed by atoms with van der Waals surface area (Å²) in [4.78, 5) is 12.9. The number of ether oxygens (including phenoxy) is 1. The van der Waals surface area contributed by atoms with Crippen LogP contribution in [0.3, 0.4) is 0 Å². The molecule has 11 heteroatoms. The van der Waals surface area contributed by atoms with Crippen molar-refractivity contribution in [1.29, 1.82) is 0 Å². The number of hydrogen-bond acceptors (Lipinski definition) is 6. The number of aromatic amines is 1. The van der Waals surface area contributed by atoms with Crippen LogP contribution >= 0.6 is 0 Å². The number of H-pyrrole nitrogens is 1. The number of nitrogens with one attached hydrogen (secondary N) is 2. The lowest BCUT2D eigenvalue weighted by molar-refractivity contribution is 0.214. The third-order valence-electron chi connectivity index (χ3n) is 6.33. The largest absolute Gasteiger partial charge is 0.465 e. The van der Waals surface area contributed by atoms with E-state index >= 15 is 4.39 Å². The van der Waals surface area contributed by atoms with Crippen molar-refractivity contribution in [2.75, 3.05) is 45.3 Å². The third kappa shape index (κ3) is 5.88. The van der Waals surface area contributed by atoms with E-state index in [1.165, 1.54) is 6.07 Å². The second kappa shape index (κ2) is 11.4. The van der Waals surface area contributed by atoms with Crippen LogP contribution in [0, 0.1) is 18.6 Å². The first-order chi connectivity index (χ1) is 17.8. The van der Waals surface area contributed by atoms with Crippen LogP contribution in [0.2, 0.25) is 0 Å². The average molecular weight is 511 g/mol. The highest BCUT2D eigenvalue weighted by molar-refractivity contribution is 5.94. The van der Waals surface area contributed by atoms with Gasteiger partial charge in [0.05, 0.1) is 11.2 Å². The molecule has 0 aliphatic carbocycles. The number of anilines is 1. The van der Waals surface area contributed by atoms with Crippen molar-refractivity contribution in [1.82, 2.24) is 24.6 Å². The Morgan fingerprint density at radius 2 is 1.97 bits per heavy atom. The number of piperazine rings is 1. The zero-order valence-electron chi connectivity index (χ0n) is 21.6. The monoisotopic (exact) mass is 510 g/mol. The van der Waals surface area contributed by atoms with Gasteiger partial charge in [-0.05, 0) is 39.8 Å². The molecule has 0 amide bonds. The van der Waals surface area contributed by atoms with Gasteiger partial charge in [-0.3, -0.25) is 5.10 Å². The first-order valence-corrected chi connectivity index (χ1v) is 12.0. The lowest BCUT2D eigenvalue weighted by Gasteiger charge is -2.33. The van der Waals surface area contributed by atoms with Crippen molar-refractivity contribution in [2.45, 2.75) is 13.8 Å². The number of rotatable bonds is 8. The van der Waals surface area contributed by atoms with Crippen molar-refractivity contribution in [3.8, 4) is 5.75 Å². The van der Waals surface area contributed by atoms with Gasteiger partial charge in [0.2, 0.25) is 0 Å². The number of amidine groups is 1. The summed E-state index contributed by atoms with van der Waals surface area (Å²) in [6, 6.07) is 4.78. The van der Waals surface area contributed by atoms with Gasteiger partial charge in [-0.2, -0.15) is 5.10 Å². The van der Waals surface area contributed by atoms with Gasteiger partial charge in [0.1, 0.15) is 11.7 Å². The lowest BCUT2D eigenvalue weighted by atomic mass is 10.2. The summed E-state index contributed by atoms with van der Waals surface area (Å²) < 4.78 is 37.1. The van der Waals surface area contributed by atoms with Crippen LogP contribution in [0.5, 0.6) is 5.75 Å². The second-order valence-electron chi connectivity index (χ2n) is 8.88. The minimum Gasteiger partial charge on any atom is -0.465 e. The Hall–Kier alpha value is -3.99. The standard InChI is InChI=1S/C26H32F2N8O/c1-6-7-18-13-23(33-32-18)31-22(29-3)15-24(36-10-8-34(4)9-11-36)30-16-37-26-20(27)14-21-19(25(26)28)12-17(2)35(21)5/h6-7,12-15H,3,8-11,16H2,1-2,4-5H3,(H2,31,32,33)/b7-6-,22-15+,30-24+. The van der Waals surface area contributed by atoms with Crippen LogP contribution in [-0.2, 0) is 7.05 Å². The normalized spacial score (nSPS) is 15.7. The van der Waals surface area contributed by atoms with Crippen LogP contribution in [0.1, 0.15) is 18.3 Å². The molecular formula is C26H32F2N8O. The van der Waals surface area contributed by atoms with Crippen LogP contribution in [0.25, 0.3) is 17.0 Å². The van der Waals surface area contributed by atoms with E-state index in [4.69, 9.17) is 4.74 Å². The molecule has 1 saturated heterocycles. The minimum atomic E-state index is -0.774. The van der Waals surface area contributed by atoms with Crippen LogP contribution in [0.15, 0.2) is 46.2 Å². The Labute approximate surface area is 214 Å². The molecule has 0 bridgehead atoms. The molecule has 37 heavy (non-hydrogen) atoms. The van der Waals surface area contributed by atoms with Crippen molar-refractivity contribution in [2.24, 2.45) is 17.0 Å². The van der Waals surface area contributed by atoms with E-state index in [0.29, 0.717) is 28.4 Å². The molecule has 1 aromatic carbocycles. The highest BCUT2D eigenvalue weighted by atomic mass is 19.1. The Morgan fingerprint density at radius 3 is 2.68 bits per heavy atom. The molecule has 0 saturated carbocycles. The van der Waals surface area contributed by atoms with Crippen molar-refractivity contribution >= 4 is 35.3 Å². The molecule has 196 valence electrons. The number of benzene rings is 1. The summed E-state index contributed by atoms with van der Waals surface area (Å²) in [5, 5.41) is 10.5. The maximum Gasteiger partial charge on any atom is 0.194 e. The number of aromatic nitrogens is 3. The zero-order chi connectivity index (χ0) is 26.5. The smallest absolute Gasteiger partial charge is 0.194 e. The number of fused-ring (bicyclic) bond motifs is 1. The Balaban J connectivity index is 1.58. The van der Waals surface area contributed by atoms with E-state index in [9.17, 15) is 4.39 Å². The van der Waals surface area contributed by atoms with Crippen LogP contribution in [0.4, 0.5) is 14.6 Å². The Kier molecular flexibility index (Phi) is 8.02. The quantitative estimate of drug-likeness (QED) is 0.351. The zero-order valence-corrected chi connectivity index (χ0v) is 21.6. The van der Waals surface area contributed by atoms with Gasteiger partial charge in [0, 0.05) is 62.5 Å². The number of halogens is 2. The van der Waals surface area contributed by atoms with Crippen molar-refractivity contribution in [3.05, 3.63) is 59.2 Å². The molecule has 2 N–H and O–H groups in total. The summed E-state index contributed by atoms with van der Waals surface area (Å²) in [5.41, 5.74) is 2.12. The van der Waals surface area contributed by atoms with E-state index in [-0.39, 0.29) is 6.73 Å². The summed E-state index contributed by atoms with van der Waals surface area (Å²) in [5.74, 6) is -0.410. The number of likely N-dealkylation sites (N-methyl/N-ethyl adjacent to an activating group) is 1. The summed E-state index contributed by atoms with van der Waals surface area (Å²) >= 11 is 0. The molecule has 0 spiro atoms. The van der Waals surface area contributed by atoms with Crippen LogP contribution in [-0.4, -0.2) is 77.1 Å². The number of aryl methyl sites for hydroxylation is 2. The van der Waals surface area contributed by atoms with Gasteiger partial charge >= 0.3 is 0 Å². The molecule has 1 aliphatic rings. The molecule has 0 radical (unpaired) electrons. The minimum absolute atomic E-state index is 0.276. The highest BCUT2D eigenvalue weighted by Crippen LogP contribution is 2.31. The molecule has 3 aromatic rings. The lowest BCUT2D eigenvalue weighted by Crippen LogP contribution is -2.47. The van der Waals surface area contributed by atoms with E-state index in [1.54, 1.807) is 23.8 Å². The number of aliphatic imine (C=N–C) groups is 2. The fourth-order valence-corrected chi connectivity index (χ4v) is 4.12. The average Bonchev–Trinajstić information content (AvgIpc) is 3.44. The van der Waals surface area contributed by atoms with E-state index in [2.05, 4.69) is 49.1 Å². The van der Waals surface area contributed by atoms with Crippen LogP contribution < -0.4 is 10.1 Å². The van der Waals surface area contributed by atoms with Crippen molar-refractivity contribution in [3.63, 3.8) is 0 Å². The molecule has 9 nitrogen and oxygen atoms in total. The number of hydrogen-bond donors (Lipinski definition) is 2. The van der Waals surface area contributed by atoms with Gasteiger partial charge in [-0.15, -0.1) is 0 Å². The molecule has 1 aliphatic heterocycles. The molecule has 0 unspecified atom stereocenters. The Morgan fingerprint density at radius 1 is 1.22 bits per heavy atom. The second-order valence-corrected chi connectivity index (χ2v) is 8.88. The van der Waals surface area contributed by atoms with Gasteiger partial charge in [-0.1, -0.05) is 6.08 Å². The molecule has 0 atom stereocenters. The molecule has 4 rings (SSSR count). The summed E-state index contributed by atoms with van der Waals surface area (Å²) in [7, 11) is 3.82. The predicted octanol–water partition coefficient (Wildman–Crippen LogP) is 4.16. The van der Waals surface area contributed by atoms with E-state index < -0.39 is 17.4 Å². The number of nitrogens with zero attached hydrogens (tertiary/aromatic N) is 6. The van der Waals surface area contributed by atoms with Gasteiger partial charge < -0.3 is 24.4 Å². The molecule has 2 aromatic heterocycles. The topological polar surface area (TPSA) is 86.1 Å². The fourth-order valence-electron chi connectivity index (χ4n) is 4.12. The van der Waals surface area contributed by atoms with Gasteiger partial charge in [0.25, 0.3) is 0 Å². The van der Waals surface area contributed by atoms with E-state index in [1.807, 2.05) is 32.1 Å². The first kappa shape index (κ1) is 26.1. The van der Waals surface area contributed by atoms with Crippen molar-refractivity contribution < 1.29 is 13.5 Å². The Bertz CT molecular complexity index is 1360. The first-order valence-electron chi connectivity index (χ1n) is 12.0. The molecule has 3 heterocycles. The maximum absolute atomic E-state index is 15.1. The predicted molar refractivity (Wildman–Crippen MR) is 144 cm³/mol. The van der Waals surface area contributed by atoms with E-state index in [0.717, 1.165) is 37.6 Å². The maximum atomic E-state index is 15.1. The molecular weight excluding hydrogens is 478 g/mol. The fraction of sp³-hybridized carbons (Fsp3) is 0.346. The third-order valence-corrected chi connectivity index (χ3v) is 6.33. The highest BCUT2D eigenvalue weighted by Gasteiger charge is 2.20. The molecule has 1 fully saturated rings. The summed E-state index contributed by atoms with van der Waals surface area (Å²) in [6.45, 7) is 10.3.